The van der Waals surface area contributed by atoms with Crippen molar-refractivity contribution < 1.29 is 4.79 Å². The van der Waals surface area contributed by atoms with E-state index in [1.54, 1.807) is 13.8 Å². The van der Waals surface area contributed by atoms with E-state index in [2.05, 4.69) is 0 Å². The first-order valence-corrected chi connectivity index (χ1v) is 3.11. The van der Waals surface area contributed by atoms with E-state index in [0.717, 1.165) is 0 Å². The lowest BCUT2D eigenvalue weighted by Crippen LogP contribution is -2.61. The summed E-state index contributed by atoms with van der Waals surface area (Å²) in [6.45, 7) is 3.34. The highest BCUT2D eigenvalue weighted by atomic mass is 16.1. The van der Waals surface area contributed by atoms with Crippen molar-refractivity contribution in [3.63, 3.8) is 0 Å². The first-order chi connectivity index (χ1) is 4.76. The van der Waals surface area contributed by atoms with E-state index in [-0.39, 0.29) is 5.57 Å². The van der Waals surface area contributed by atoms with E-state index in [0.29, 0.717) is 5.57 Å². The summed E-state index contributed by atoms with van der Waals surface area (Å²) < 4.78 is 0. The minimum atomic E-state index is -1.63. The van der Waals surface area contributed by atoms with Crippen LogP contribution >= 0.6 is 0 Å². The smallest absolute Gasteiger partial charge is 0.174 e. The van der Waals surface area contributed by atoms with Crippen molar-refractivity contribution in [3.05, 3.63) is 11.1 Å². The van der Waals surface area contributed by atoms with Gasteiger partial charge in [-0.25, -0.2) is 0 Å². The molecule has 0 unspecified atom stereocenters. The molecule has 60 valence electrons. The predicted molar refractivity (Wildman–Crippen MR) is 44.4 cm³/mol. The van der Waals surface area contributed by atoms with Crippen molar-refractivity contribution in [1.82, 2.24) is 0 Å². The molecule has 0 aliphatic carbocycles. The van der Waals surface area contributed by atoms with Crippen LogP contribution in [-0.4, -0.2) is 19.3 Å². The SMILES string of the molecule is [B]C(=O)C(=C(C)C)C(N)(N)N. The van der Waals surface area contributed by atoms with Crippen LogP contribution < -0.4 is 17.2 Å². The second kappa shape index (κ2) is 3.17. The van der Waals surface area contributed by atoms with Gasteiger partial charge in [-0.15, -0.1) is 0 Å². The number of nitrogens with two attached hydrogens (primary N) is 3. The summed E-state index contributed by atoms with van der Waals surface area (Å²) in [4.78, 5) is 10.7. The molecule has 0 saturated carbocycles. The van der Waals surface area contributed by atoms with Gasteiger partial charge in [-0.2, -0.15) is 0 Å². The molecule has 0 aliphatic rings. The van der Waals surface area contributed by atoms with Gasteiger partial charge in [-0.05, 0) is 13.8 Å². The van der Waals surface area contributed by atoms with E-state index in [9.17, 15) is 4.79 Å². The van der Waals surface area contributed by atoms with Gasteiger partial charge in [-0.3, -0.25) is 17.2 Å². The van der Waals surface area contributed by atoms with Crippen molar-refractivity contribution in [2.24, 2.45) is 17.2 Å². The minimum absolute atomic E-state index is 0.0671. The number of rotatable bonds is 2. The second-order valence-corrected chi connectivity index (χ2v) is 2.67. The van der Waals surface area contributed by atoms with E-state index < -0.39 is 11.5 Å². The van der Waals surface area contributed by atoms with Crippen LogP contribution in [0.2, 0.25) is 0 Å². The van der Waals surface area contributed by atoms with Gasteiger partial charge in [-0.1, -0.05) is 5.57 Å². The Morgan fingerprint density at radius 3 is 1.64 bits per heavy atom. The zero-order valence-corrected chi connectivity index (χ0v) is 6.72. The number of carbonyl (C=O) groups excluding carboxylic acids is 1. The highest BCUT2D eigenvalue weighted by Gasteiger charge is 2.22. The maximum Gasteiger partial charge on any atom is 0.174 e. The Hall–Kier alpha value is -0.645. The summed E-state index contributed by atoms with van der Waals surface area (Å²) in [5.74, 6) is -1.63. The standard InChI is InChI=1S/C6H12BN3O/c1-3(2)4(5(7)11)6(8,9)10/h8-10H2,1-2H3. The Bertz CT molecular complexity index is 200. The molecule has 0 heterocycles. The van der Waals surface area contributed by atoms with E-state index in [4.69, 9.17) is 25.0 Å². The first kappa shape index (κ1) is 10.4. The molecule has 0 saturated heterocycles. The van der Waals surface area contributed by atoms with E-state index in [1.807, 2.05) is 0 Å². The first-order valence-electron chi connectivity index (χ1n) is 3.11. The van der Waals surface area contributed by atoms with Gasteiger partial charge in [0.1, 0.15) is 11.5 Å². The van der Waals surface area contributed by atoms with Crippen LogP contribution in [-0.2, 0) is 4.79 Å². The fraction of sp³-hybridized carbons (Fsp3) is 0.500. The van der Waals surface area contributed by atoms with Crippen LogP contribution in [0.5, 0.6) is 0 Å². The average molecular weight is 153 g/mol. The van der Waals surface area contributed by atoms with Gasteiger partial charge in [0, 0.05) is 5.57 Å². The third-order valence-electron chi connectivity index (χ3n) is 1.18. The third kappa shape index (κ3) is 2.84. The summed E-state index contributed by atoms with van der Waals surface area (Å²) in [7, 11) is 4.99. The molecular formula is C6H12BN3O. The highest BCUT2D eigenvalue weighted by molar-refractivity contribution is 6.62. The van der Waals surface area contributed by atoms with Crippen LogP contribution in [0.3, 0.4) is 0 Å². The normalized spacial score (nSPS) is 11.0. The molecule has 0 aromatic heterocycles. The molecule has 0 aromatic rings. The summed E-state index contributed by atoms with van der Waals surface area (Å²) >= 11 is 0. The zero-order chi connectivity index (χ0) is 9.23. The Labute approximate surface area is 67.2 Å². The molecule has 5 heteroatoms. The van der Waals surface area contributed by atoms with Gasteiger partial charge in [0.05, 0.1) is 0 Å². The van der Waals surface area contributed by atoms with Crippen LogP contribution in [0.1, 0.15) is 13.8 Å². The van der Waals surface area contributed by atoms with Crippen LogP contribution in [0.15, 0.2) is 11.1 Å². The van der Waals surface area contributed by atoms with E-state index >= 15 is 0 Å². The second-order valence-electron chi connectivity index (χ2n) is 2.67. The molecule has 0 aromatic carbocycles. The largest absolute Gasteiger partial charge is 0.308 e. The summed E-state index contributed by atoms with van der Waals surface area (Å²) in [6, 6.07) is 0. The van der Waals surface area contributed by atoms with Crippen molar-refractivity contribution >= 4 is 13.5 Å². The predicted octanol–water partition coefficient (Wildman–Crippen LogP) is -1.45. The van der Waals surface area contributed by atoms with Gasteiger partial charge >= 0.3 is 0 Å². The molecule has 11 heavy (non-hydrogen) atoms. The van der Waals surface area contributed by atoms with Gasteiger partial charge in [0.2, 0.25) is 0 Å². The molecule has 0 aliphatic heterocycles. The molecule has 0 rings (SSSR count). The monoisotopic (exact) mass is 153 g/mol. The molecule has 0 spiro atoms. The summed E-state index contributed by atoms with van der Waals surface area (Å²) in [5, 5.41) is 0. The maximum atomic E-state index is 10.7. The van der Waals surface area contributed by atoms with Crippen LogP contribution in [0.25, 0.3) is 0 Å². The van der Waals surface area contributed by atoms with Crippen molar-refractivity contribution in [3.8, 4) is 0 Å². The topological polar surface area (TPSA) is 95.1 Å². The van der Waals surface area contributed by atoms with Crippen molar-refractivity contribution in [1.29, 1.82) is 0 Å². The fourth-order valence-corrected chi connectivity index (χ4v) is 0.893. The van der Waals surface area contributed by atoms with Crippen LogP contribution in [0, 0.1) is 0 Å². The number of hydrogen-bond acceptors (Lipinski definition) is 4. The average Bonchev–Trinajstić information content (AvgIpc) is 1.54. The molecule has 0 amide bonds. The molecule has 6 N–H and O–H groups in total. The Morgan fingerprint density at radius 2 is 1.64 bits per heavy atom. The van der Waals surface area contributed by atoms with Crippen molar-refractivity contribution in [2.45, 2.75) is 19.6 Å². The molecular weight excluding hydrogens is 141 g/mol. The number of hydrogen-bond donors (Lipinski definition) is 3. The third-order valence-corrected chi connectivity index (χ3v) is 1.18. The zero-order valence-electron chi connectivity index (χ0n) is 6.72. The van der Waals surface area contributed by atoms with Gasteiger partial charge < -0.3 is 4.79 Å². The lowest BCUT2D eigenvalue weighted by Gasteiger charge is -2.22. The summed E-state index contributed by atoms with van der Waals surface area (Å²) in [5.41, 5.74) is 15.8. The molecule has 0 atom stereocenters. The quantitative estimate of drug-likeness (QED) is 0.257. The molecule has 2 radical (unpaired) electrons. The lowest BCUT2D eigenvalue weighted by molar-refractivity contribution is -0.109. The fourth-order valence-electron chi connectivity index (χ4n) is 0.893. The maximum absolute atomic E-state index is 10.7. The van der Waals surface area contributed by atoms with Gasteiger partial charge in [0.15, 0.2) is 7.85 Å². The molecule has 4 nitrogen and oxygen atoms in total. The minimum Gasteiger partial charge on any atom is -0.308 e. The summed E-state index contributed by atoms with van der Waals surface area (Å²) in [6.07, 6.45) is 0. The number of allylic oxidation sites excluding steroid dienone is 1. The van der Waals surface area contributed by atoms with Crippen molar-refractivity contribution in [2.75, 3.05) is 0 Å². The molecule has 0 bridgehead atoms. The Kier molecular flexibility index (Phi) is 2.98. The van der Waals surface area contributed by atoms with E-state index in [1.165, 1.54) is 0 Å². The van der Waals surface area contributed by atoms with Crippen LogP contribution in [0.4, 0.5) is 0 Å². The Morgan fingerprint density at radius 1 is 1.27 bits per heavy atom. The number of carbonyl (C=O) groups is 1. The highest BCUT2D eigenvalue weighted by Crippen LogP contribution is 2.08. The van der Waals surface area contributed by atoms with Gasteiger partial charge in [0.25, 0.3) is 0 Å². The lowest BCUT2D eigenvalue weighted by atomic mass is 9.88. The Balaban J connectivity index is 4.96. The molecule has 0 fully saturated rings.